The third-order valence-electron chi connectivity index (χ3n) is 3.40. The highest BCUT2D eigenvalue weighted by atomic mass is 35.5. The zero-order valence-corrected chi connectivity index (χ0v) is 11.9. The molecule has 0 aliphatic carbocycles. The first-order valence-corrected chi connectivity index (χ1v) is 6.64. The van der Waals surface area contributed by atoms with Crippen LogP contribution in [-0.4, -0.2) is 55.0 Å². The molecule has 2 atom stereocenters. The lowest BCUT2D eigenvalue weighted by molar-refractivity contribution is 0.0466. The van der Waals surface area contributed by atoms with Crippen LogP contribution in [0.3, 0.4) is 0 Å². The van der Waals surface area contributed by atoms with Crippen molar-refractivity contribution >= 4 is 23.4 Å². The molecular weight excluding hydrogens is 286 g/mol. The van der Waals surface area contributed by atoms with E-state index in [0.717, 1.165) is 0 Å². The van der Waals surface area contributed by atoms with E-state index in [9.17, 15) is 4.79 Å². The largest absolute Gasteiger partial charge is 0.485 e. The molecular formula is C12H14ClN3O4. The van der Waals surface area contributed by atoms with Crippen molar-refractivity contribution < 1.29 is 19.0 Å². The molecule has 3 heterocycles. The maximum Gasteiger partial charge on any atom is 0.360 e. The van der Waals surface area contributed by atoms with Crippen LogP contribution < -0.4 is 9.64 Å². The number of esters is 1. The Balaban J connectivity index is 2.11. The van der Waals surface area contributed by atoms with Crippen molar-refractivity contribution in [1.82, 2.24) is 9.97 Å². The minimum absolute atomic E-state index is 0.00732. The molecule has 7 nitrogen and oxygen atoms in total. The summed E-state index contributed by atoms with van der Waals surface area (Å²) >= 11 is 5.92. The number of hydrogen-bond acceptors (Lipinski definition) is 7. The van der Waals surface area contributed by atoms with Gasteiger partial charge in [-0.3, -0.25) is 0 Å². The molecule has 1 saturated heterocycles. The maximum atomic E-state index is 11.8. The van der Waals surface area contributed by atoms with E-state index in [4.69, 9.17) is 25.8 Å². The number of halogens is 1. The summed E-state index contributed by atoms with van der Waals surface area (Å²) in [5.74, 6) is 0.258. The van der Waals surface area contributed by atoms with Crippen LogP contribution >= 0.6 is 11.6 Å². The molecule has 0 amide bonds. The summed E-state index contributed by atoms with van der Waals surface area (Å²) in [7, 11) is 1.29. The quantitative estimate of drug-likeness (QED) is 0.563. The van der Waals surface area contributed by atoms with Crippen LogP contribution in [0.15, 0.2) is 0 Å². The van der Waals surface area contributed by atoms with Crippen LogP contribution in [0, 0.1) is 0 Å². The topological polar surface area (TPSA) is 73.8 Å². The van der Waals surface area contributed by atoms with Gasteiger partial charge in [0.1, 0.15) is 6.61 Å². The molecule has 0 saturated carbocycles. The first kappa shape index (κ1) is 13.4. The molecule has 2 aliphatic rings. The van der Waals surface area contributed by atoms with Crippen LogP contribution in [0.5, 0.6) is 5.75 Å². The summed E-state index contributed by atoms with van der Waals surface area (Å²) in [6, 6.07) is 0.176. The minimum Gasteiger partial charge on any atom is -0.485 e. The van der Waals surface area contributed by atoms with Gasteiger partial charge in [0, 0.05) is 0 Å². The van der Waals surface area contributed by atoms with Gasteiger partial charge in [0.15, 0.2) is 17.3 Å². The Morgan fingerprint density at radius 2 is 2.20 bits per heavy atom. The van der Waals surface area contributed by atoms with E-state index in [-0.39, 0.29) is 23.1 Å². The Bertz CT molecular complexity index is 554. The zero-order valence-electron chi connectivity index (χ0n) is 11.1. The Morgan fingerprint density at radius 3 is 2.95 bits per heavy atom. The molecule has 1 aromatic rings. The Hall–Kier alpha value is -1.60. The van der Waals surface area contributed by atoms with Gasteiger partial charge < -0.3 is 19.1 Å². The lowest BCUT2D eigenvalue weighted by atomic mass is 10.1. The van der Waals surface area contributed by atoms with Gasteiger partial charge >= 0.3 is 5.97 Å². The van der Waals surface area contributed by atoms with Crippen molar-refractivity contribution in [2.75, 3.05) is 31.8 Å². The van der Waals surface area contributed by atoms with Crippen LogP contribution in [0.25, 0.3) is 0 Å². The molecule has 1 unspecified atom stereocenters. The minimum atomic E-state index is -0.593. The fourth-order valence-corrected chi connectivity index (χ4v) is 2.70. The first-order chi connectivity index (χ1) is 9.61. The molecule has 8 heteroatoms. The second kappa shape index (κ2) is 5.06. The highest BCUT2D eigenvalue weighted by molar-refractivity contribution is 6.28. The fourth-order valence-electron chi connectivity index (χ4n) is 2.54. The van der Waals surface area contributed by atoms with Gasteiger partial charge in [-0.25, -0.2) is 9.78 Å². The number of nitrogens with zero attached hydrogens (tertiary/aromatic N) is 3. The smallest absolute Gasteiger partial charge is 0.360 e. The molecule has 0 N–H and O–H groups in total. The third kappa shape index (κ3) is 2.06. The van der Waals surface area contributed by atoms with Crippen LogP contribution in [0.2, 0.25) is 5.28 Å². The molecule has 0 radical (unpaired) electrons. The number of carbonyl (C=O) groups excluding carboxylic acids is 1. The van der Waals surface area contributed by atoms with E-state index in [1.165, 1.54) is 7.11 Å². The summed E-state index contributed by atoms with van der Waals surface area (Å²) in [5.41, 5.74) is 0.0552. The highest BCUT2D eigenvalue weighted by Crippen LogP contribution is 2.38. The monoisotopic (exact) mass is 299 g/mol. The number of ether oxygens (including phenoxy) is 3. The van der Waals surface area contributed by atoms with Gasteiger partial charge in [-0.1, -0.05) is 0 Å². The summed E-state index contributed by atoms with van der Waals surface area (Å²) < 4.78 is 15.9. The molecule has 3 rings (SSSR count). The van der Waals surface area contributed by atoms with E-state index < -0.39 is 5.97 Å². The zero-order chi connectivity index (χ0) is 14.3. The van der Waals surface area contributed by atoms with Crippen molar-refractivity contribution in [3.8, 4) is 5.75 Å². The van der Waals surface area contributed by atoms with Gasteiger partial charge in [0.25, 0.3) is 0 Å². The van der Waals surface area contributed by atoms with Crippen LogP contribution in [-0.2, 0) is 9.47 Å². The molecule has 2 aliphatic heterocycles. The number of hydrogen-bond donors (Lipinski definition) is 0. The van der Waals surface area contributed by atoms with Crippen LogP contribution in [0.1, 0.15) is 17.4 Å². The number of methoxy groups -OCH3 is 1. The number of fused-ring (bicyclic) bond motifs is 3. The van der Waals surface area contributed by atoms with Crippen molar-refractivity contribution in [2.24, 2.45) is 0 Å². The van der Waals surface area contributed by atoms with E-state index in [0.29, 0.717) is 31.4 Å². The lowest BCUT2D eigenvalue weighted by Crippen LogP contribution is -2.56. The molecule has 0 aromatic carbocycles. The van der Waals surface area contributed by atoms with Crippen LogP contribution in [0.4, 0.5) is 5.82 Å². The molecule has 1 aromatic heterocycles. The standard InChI is InChI=1S/C12H14ClN3O4/c1-6-3-19-4-7-5-20-9-8(11(17)18-2)14-12(13)15-10(9)16(6)7/h6-7H,3-5H2,1-2H3/t6-,7?/m1/s1. The SMILES string of the molecule is COC(=O)c1nc(Cl)nc2c1OCC1COC[C@@H](C)N21. The van der Waals surface area contributed by atoms with E-state index in [2.05, 4.69) is 14.9 Å². The second-order valence-corrected chi connectivity index (χ2v) is 5.08. The highest BCUT2D eigenvalue weighted by Gasteiger charge is 2.38. The first-order valence-electron chi connectivity index (χ1n) is 6.26. The number of aromatic nitrogens is 2. The van der Waals surface area contributed by atoms with E-state index in [1.54, 1.807) is 0 Å². The predicted molar refractivity (Wildman–Crippen MR) is 70.4 cm³/mol. The molecule has 0 spiro atoms. The van der Waals surface area contributed by atoms with E-state index in [1.807, 2.05) is 6.92 Å². The summed E-state index contributed by atoms with van der Waals surface area (Å²) in [4.78, 5) is 22.0. The van der Waals surface area contributed by atoms with Gasteiger partial charge in [0.05, 0.1) is 32.4 Å². The van der Waals surface area contributed by atoms with Gasteiger partial charge in [-0.05, 0) is 18.5 Å². The fraction of sp³-hybridized carbons (Fsp3) is 0.583. The average Bonchev–Trinajstić information content (AvgIpc) is 2.45. The van der Waals surface area contributed by atoms with Crippen molar-refractivity contribution in [3.05, 3.63) is 11.0 Å². The summed E-state index contributed by atoms with van der Waals surface area (Å²) in [6.07, 6.45) is 0. The lowest BCUT2D eigenvalue weighted by Gasteiger charge is -2.44. The molecule has 108 valence electrons. The van der Waals surface area contributed by atoms with E-state index >= 15 is 0 Å². The number of anilines is 1. The van der Waals surface area contributed by atoms with Crippen molar-refractivity contribution in [3.63, 3.8) is 0 Å². The third-order valence-corrected chi connectivity index (χ3v) is 3.57. The Labute approximate surface area is 120 Å². The molecule has 20 heavy (non-hydrogen) atoms. The number of carbonyl (C=O) groups is 1. The number of rotatable bonds is 1. The average molecular weight is 300 g/mol. The summed E-state index contributed by atoms with van der Waals surface area (Å²) in [6.45, 7) is 3.57. The van der Waals surface area contributed by atoms with Gasteiger partial charge in [0.2, 0.25) is 5.28 Å². The van der Waals surface area contributed by atoms with Gasteiger partial charge in [-0.2, -0.15) is 4.98 Å². The Kier molecular flexibility index (Phi) is 3.39. The number of morpholine rings is 1. The van der Waals surface area contributed by atoms with Crippen molar-refractivity contribution in [2.45, 2.75) is 19.0 Å². The molecule has 1 fully saturated rings. The maximum absolute atomic E-state index is 11.8. The van der Waals surface area contributed by atoms with Gasteiger partial charge in [-0.15, -0.1) is 0 Å². The van der Waals surface area contributed by atoms with Crippen molar-refractivity contribution in [1.29, 1.82) is 0 Å². The molecule has 0 bridgehead atoms. The Morgan fingerprint density at radius 1 is 1.40 bits per heavy atom. The summed E-state index contributed by atoms with van der Waals surface area (Å²) in [5, 5.41) is -0.00732. The normalized spacial score (nSPS) is 24.4. The predicted octanol–water partition coefficient (Wildman–Crippen LogP) is 0.903. The second-order valence-electron chi connectivity index (χ2n) is 4.74.